The van der Waals surface area contributed by atoms with E-state index in [1.165, 1.54) is 0 Å². The first-order valence-corrected chi connectivity index (χ1v) is 10.3. The van der Waals surface area contributed by atoms with Crippen molar-refractivity contribution in [2.24, 2.45) is 10.7 Å². The Hall–Kier alpha value is -1.92. The van der Waals surface area contributed by atoms with Crippen molar-refractivity contribution < 1.29 is 4.79 Å². The lowest BCUT2D eigenvalue weighted by Gasteiger charge is -2.30. The van der Waals surface area contributed by atoms with Crippen LogP contribution >= 0.6 is 23.5 Å². The molecule has 130 valence electrons. The van der Waals surface area contributed by atoms with Crippen molar-refractivity contribution in [1.29, 1.82) is 0 Å². The second kappa shape index (κ2) is 7.54. The summed E-state index contributed by atoms with van der Waals surface area (Å²) < 4.78 is 0. The molecule has 0 aromatic heterocycles. The van der Waals surface area contributed by atoms with E-state index in [-0.39, 0.29) is 11.4 Å². The molecule has 1 aliphatic rings. The number of nitrogens with zero attached hydrogens (tertiary/aromatic N) is 1. The number of carbonyl (C=O) groups excluding carboxylic acids is 1. The smallest absolute Gasteiger partial charge is 0.255 e. The van der Waals surface area contributed by atoms with Crippen molar-refractivity contribution in [3.8, 4) is 0 Å². The summed E-state index contributed by atoms with van der Waals surface area (Å²) in [5.74, 6) is 0.817. The Bertz CT molecular complexity index is 822. The van der Waals surface area contributed by atoms with Crippen molar-refractivity contribution in [2.75, 3.05) is 17.3 Å². The maximum Gasteiger partial charge on any atom is 0.255 e. The highest BCUT2D eigenvalue weighted by atomic mass is 32.2. The lowest BCUT2D eigenvalue weighted by molar-refractivity contribution is 0.102. The largest absolute Gasteiger partial charge is 0.379 e. The summed E-state index contributed by atoms with van der Waals surface area (Å²) in [6.45, 7) is 2.07. The van der Waals surface area contributed by atoms with Crippen LogP contribution in [0, 0.1) is 0 Å². The summed E-state index contributed by atoms with van der Waals surface area (Å²) in [4.78, 5) is 18.4. The van der Waals surface area contributed by atoms with E-state index in [1.54, 1.807) is 23.5 Å². The summed E-state index contributed by atoms with van der Waals surface area (Å²) in [5.41, 5.74) is 8.01. The predicted molar refractivity (Wildman–Crippen MR) is 109 cm³/mol. The molecule has 4 nitrogen and oxygen atoms in total. The van der Waals surface area contributed by atoms with Crippen LogP contribution in [0.15, 0.2) is 58.4 Å². The summed E-state index contributed by atoms with van der Waals surface area (Å²) in [5, 5.41) is 3.61. The van der Waals surface area contributed by atoms with Crippen molar-refractivity contribution >= 4 is 40.3 Å². The first kappa shape index (κ1) is 17.9. The highest BCUT2D eigenvalue weighted by Gasteiger charge is 2.29. The number of rotatable bonds is 4. The third kappa shape index (κ3) is 4.02. The van der Waals surface area contributed by atoms with Gasteiger partial charge in [0.15, 0.2) is 5.17 Å². The highest BCUT2D eigenvalue weighted by Crippen LogP contribution is 2.35. The molecule has 1 atom stereocenters. The molecule has 0 saturated heterocycles. The standard InChI is InChI=1S/C19H21N3OS2/c1-19(10-11-25-18(20)22-19)14-7-5-6-13(12-14)17(23)21-15-8-3-4-9-16(15)24-2/h3-9,12H,10-11H2,1-2H3,(H2,20,22)(H,21,23). The zero-order valence-electron chi connectivity index (χ0n) is 14.3. The van der Waals surface area contributed by atoms with E-state index in [1.807, 2.05) is 54.8 Å². The van der Waals surface area contributed by atoms with Crippen molar-refractivity contribution in [1.82, 2.24) is 0 Å². The van der Waals surface area contributed by atoms with E-state index in [0.29, 0.717) is 10.7 Å². The number of thioether (sulfide) groups is 2. The molecule has 6 heteroatoms. The van der Waals surface area contributed by atoms with Crippen LogP contribution in [-0.4, -0.2) is 23.1 Å². The van der Waals surface area contributed by atoms with Gasteiger partial charge in [0, 0.05) is 16.2 Å². The van der Waals surface area contributed by atoms with Gasteiger partial charge in [-0.1, -0.05) is 36.0 Å². The predicted octanol–water partition coefficient (Wildman–Crippen LogP) is 4.33. The molecule has 2 aromatic rings. The number of nitrogens with one attached hydrogen (secondary N) is 1. The molecule has 2 aromatic carbocycles. The third-order valence-electron chi connectivity index (χ3n) is 4.30. The summed E-state index contributed by atoms with van der Waals surface area (Å²) in [6, 6.07) is 15.5. The van der Waals surface area contributed by atoms with E-state index in [9.17, 15) is 4.79 Å². The minimum absolute atomic E-state index is 0.117. The van der Waals surface area contributed by atoms with E-state index in [0.717, 1.165) is 28.3 Å². The van der Waals surface area contributed by atoms with E-state index in [2.05, 4.69) is 17.2 Å². The molecule has 0 radical (unpaired) electrons. The third-order valence-corrected chi connectivity index (χ3v) is 5.89. The van der Waals surface area contributed by atoms with Gasteiger partial charge in [0.1, 0.15) is 0 Å². The summed E-state index contributed by atoms with van der Waals surface area (Å²) >= 11 is 3.19. The number of amidine groups is 1. The number of benzene rings is 2. The molecule has 1 heterocycles. The molecule has 0 bridgehead atoms. The highest BCUT2D eigenvalue weighted by molar-refractivity contribution is 8.13. The monoisotopic (exact) mass is 371 g/mol. The quantitative estimate of drug-likeness (QED) is 0.785. The molecule has 0 spiro atoms. The fourth-order valence-electron chi connectivity index (χ4n) is 2.83. The van der Waals surface area contributed by atoms with Gasteiger partial charge < -0.3 is 11.1 Å². The number of aliphatic imine (C=N–C) groups is 1. The van der Waals surface area contributed by atoms with Crippen LogP contribution < -0.4 is 11.1 Å². The maximum atomic E-state index is 12.7. The van der Waals surface area contributed by atoms with E-state index < -0.39 is 0 Å². The number of hydrogen-bond acceptors (Lipinski definition) is 5. The van der Waals surface area contributed by atoms with E-state index in [4.69, 9.17) is 5.73 Å². The van der Waals surface area contributed by atoms with Crippen LogP contribution in [0.2, 0.25) is 0 Å². The first-order valence-electron chi connectivity index (χ1n) is 8.05. The van der Waals surface area contributed by atoms with Crippen LogP contribution in [0.5, 0.6) is 0 Å². The van der Waals surface area contributed by atoms with Crippen LogP contribution in [-0.2, 0) is 5.54 Å². The molecule has 0 fully saturated rings. The number of para-hydroxylation sites is 1. The number of carbonyl (C=O) groups is 1. The van der Waals surface area contributed by atoms with Crippen molar-refractivity contribution in [3.05, 3.63) is 59.7 Å². The fourth-order valence-corrected chi connectivity index (χ4v) is 4.36. The second-order valence-electron chi connectivity index (χ2n) is 6.06. The molecule has 1 aliphatic heterocycles. The van der Waals surface area contributed by atoms with Gasteiger partial charge in [-0.15, -0.1) is 11.8 Å². The molecule has 25 heavy (non-hydrogen) atoms. The molecule has 1 unspecified atom stereocenters. The van der Waals surface area contributed by atoms with Gasteiger partial charge in [-0.3, -0.25) is 9.79 Å². The Balaban J connectivity index is 1.86. The van der Waals surface area contributed by atoms with Gasteiger partial charge in [-0.2, -0.15) is 0 Å². The molecule has 0 saturated carbocycles. The molecular weight excluding hydrogens is 350 g/mol. The Kier molecular flexibility index (Phi) is 5.39. The molecule has 0 aliphatic carbocycles. The Morgan fingerprint density at radius 3 is 2.84 bits per heavy atom. The zero-order chi connectivity index (χ0) is 17.9. The van der Waals surface area contributed by atoms with Crippen LogP contribution in [0.25, 0.3) is 0 Å². The van der Waals surface area contributed by atoms with E-state index >= 15 is 0 Å². The zero-order valence-corrected chi connectivity index (χ0v) is 15.9. The Labute approximate surface area is 156 Å². The number of nitrogens with two attached hydrogens (primary N) is 1. The minimum Gasteiger partial charge on any atom is -0.379 e. The van der Waals surface area contributed by atoms with Gasteiger partial charge in [-0.25, -0.2) is 0 Å². The van der Waals surface area contributed by atoms with Crippen molar-refractivity contribution in [3.63, 3.8) is 0 Å². The topological polar surface area (TPSA) is 67.5 Å². The maximum absolute atomic E-state index is 12.7. The summed E-state index contributed by atoms with van der Waals surface area (Å²) in [7, 11) is 0. The van der Waals surface area contributed by atoms with Gasteiger partial charge >= 0.3 is 0 Å². The average Bonchev–Trinajstić information content (AvgIpc) is 2.62. The number of anilines is 1. The molecule has 3 rings (SSSR count). The Morgan fingerprint density at radius 1 is 1.28 bits per heavy atom. The summed E-state index contributed by atoms with van der Waals surface area (Å²) in [6.07, 6.45) is 2.90. The minimum atomic E-state index is -0.372. The van der Waals surface area contributed by atoms with Gasteiger partial charge in [0.25, 0.3) is 5.91 Å². The van der Waals surface area contributed by atoms with Gasteiger partial charge in [0.05, 0.1) is 11.2 Å². The normalized spacial score (nSPS) is 20.0. The lowest BCUT2D eigenvalue weighted by atomic mass is 9.88. The molecular formula is C19H21N3OS2. The molecule has 3 N–H and O–H groups in total. The van der Waals surface area contributed by atoms with Crippen molar-refractivity contribution in [2.45, 2.75) is 23.8 Å². The number of hydrogen-bond donors (Lipinski definition) is 2. The number of amides is 1. The first-order chi connectivity index (χ1) is 12.0. The average molecular weight is 372 g/mol. The Morgan fingerprint density at radius 2 is 2.08 bits per heavy atom. The lowest BCUT2D eigenvalue weighted by Crippen LogP contribution is -2.29. The van der Waals surface area contributed by atoms with Crippen LogP contribution in [0.3, 0.4) is 0 Å². The van der Waals surface area contributed by atoms with Gasteiger partial charge in [-0.05, 0) is 49.4 Å². The van der Waals surface area contributed by atoms with Crippen LogP contribution in [0.4, 0.5) is 5.69 Å². The SMILES string of the molecule is CSc1ccccc1NC(=O)c1cccc(C2(C)CCSC(N)=N2)c1. The second-order valence-corrected chi connectivity index (χ2v) is 8.02. The van der Waals surface area contributed by atoms with Crippen LogP contribution in [0.1, 0.15) is 29.3 Å². The van der Waals surface area contributed by atoms with Gasteiger partial charge in [0.2, 0.25) is 0 Å². The molecule has 1 amide bonds. The fraction of sp³-hybridized carbons (Fsp3) is 0.263.